The fourth-order valence-electron chi connectivity index (χ4n) is 2.05. The number of ether oxygens (including phenoxy) is 1. The molecule has 0 aliphatic carbocycles. The van der Waals surface area contributed by atoms with Crippen LogP contribution in [-0.4, -0.2) is 19.6 Å². The summed E-state index contributed by atoms with van der Waals surface area (Å²) in [4.78, 5) is 11.6. The molecule has 0 radical (unpaired) electrons. The Balaban J connectivity index is 2.25. The summed E-state index contributed by atoms with van der Waals surface area (Å²) in [6.07, 6.45) is 0. The lowest BCUT2D eigenvalue weighted by Gasteiger charge is -2.13. The number of carbonyl (C=O) groups excluding carboxylic acids is 1. The average Bonchev–Trinajstić information content (AvgIpc) is 2.49. The zero-order chi connectivity index (χ0) is 13.7. The highest BCUT2D eigenvalue weighted by atomic mass is 16.5. The molecule has 19 heavy (non-hydrogen) atoms. The van der Waals surface area contributed by atoms with Gasteiger partial charge < -0.3 is 10.5 Å². The topological polar surface area (TPSA) is 52.3 Å². The second-order valence-electron chi connectivity index (χ2n) is 4.30. The van der Waals surface area contributed by atoms with Crippen molar-refractivity contribution in [1.82, 2.24) is 0 Å². The van der Waals surface area contributed by atoms with Crippen LogP contribution in [0.15, 0.2) is 54.6 Å². The smallest absolute Gasteiger partial charge is 0.314 e. The lowest BCUT2D eigenvalue weighted by molar-refractivity contribution is -0.142. The first-order valence-electron chi connectivity index (χ1n) is 6.19. The summed E-state index contributed by atoms with van der Waals surface area (Å²) in [6.45, 7) is 0.247. The van der Waals surface area contributed by atoms with Crippen LogP contribution < -0.4 is 5.73 Å². The summed E-state index contributed by atoms with van der Waals surface area (Å²) < 4.78 is 4.75. The molecule has 0 fully saturated rings. The molecule has 2 aromatic rings. The van der Waals surface area contributed by atoms with Crippen LogP contribution in [0.3, 0.4) is 0 Å². The molecule has 0 amide bonds. The van der Waals surface area contributed by atoms with E-state index in [2.05, 4.69) is 12.1 Å². The maximum Gasteiger partial charge on any atom is 0.314 e. The van der Waals surface area contributed by atoms with Crippen LogP contribution >= 0.6 is 0 Å². The minimum absolute atomic E-state index is 0.247. The summed E-state index contributed by atoms with van der Waals surface area (Å²) in [7, 11) is 1.38. The SMILES string of the molecule is COC(=O)C(CN)c1ccc(-c2ccccc2)cc1. The molecule has 0 spiro atoms. The van der Waals surface area contributed by atoms with E-state index in [1.807, 2.05) is 42.5 Å². The Hall–Kier alpha value is -2.13. The number of hydrogen-bond donors (Lipinski definition) is 1. The van der Waals surface area contributed by atoms with Crippen LogP contribution in [0.2, 0.25) is 0 Å². The number of benzene rings is 2. The van der Waals surface area contributed by atoms with Gasteiger partial charge in [-0.25, -0.2) is 0 Å². The molecule has 0 heterocycles. The van der Waals surface area contributed by atoms with Crippen LogP contribution in [0.25, 0.3) is 11.1 Å². The van der Waals surface area contributed by atoms with Crippen molar-refractivity contribution in [3.8, 4) is 11.1 Å². The molecule has 0 aromatic heterocycles. The Kier molecular flexibility index (Phi) is 4.31. The molecule has 0 bridgehead atoms. The monoisotopic (exact) mass is 255 g/mol. The third-order valence-electron chi connectivity index (χ3n) is 3.14. The molecular weight excluding hydrogens is 238 g/mol. The zero-order valence-corrected chi connectivity index (χ0v) is 10.9. The number of carbonyl (C=O) groups is 1. The van der Waals surface area contributed by atoms with Crippen LogP contribution in [-0.2, 0) is 9.53 Å². The highest BCUT2D eigenvalue weighted by molar-refractivity contribution is 5.78. The second kappa shape index (κ2) is 6.16. The highest BCUT2D eigenvalue weighted by Gasteiger charge is 2.19. The molecule has 98 valence electrons. The molecule has 0 saturated carbocycles. The first kappa shape index (κ1) is 13.3. The Morgan fingerprint density at radius 3 is 2.16 bits per heavy atom. The van der Waals surface area contributed by atoms with Gasteiger partial charge in [-0.3, -0.25) is 4.79 Å². The van der Waals surface area contributed by atoms with E-state index < -0.39 is 5.92 Å². The van der Waals surface area contributed by atoms with E-state index >= 15 is 0 Å². The molecule has 0 saturated heterocycles. The van der Waals surface area contributed by atoms with Gasteiger partial charge in [-0.2, -0.15) is 0 Å². The van der Waals surface area contributed by atoms with Crippen LogP contribution in [0.5, 0.6) is 0 Å². The van der Waals surface area contributed by atoms with Crippen molar-refractivity contribution in [1.29, 1.82) is 0 Å². The number of rotatable bonds is 4. The van der Waals surface area contributed by atoms with Gasteiger partial charge in [0.15, 0.2) is 0 Å². The number of nitrogens with two attached hydrogens (primary N) is 1. The summed E-state index contributed by atoms with van der Waals surface area (Å²) in [5.74, 6) is -0.690. The van der Waals surface area contributed by atoms with Gasteiger partial charge in [-0.1, -0.05) is 54.6 Å². The maximum absolute atomic E-state index is 11.6. The summed E-state index contributed by atoms with van der Waals surface area (Å²) in [5.41, 5.74) is 8.78. The van der Waals surface area contributed by atoms with Gasteiger partial charge in [0.1, 0.15) is 0 Å². The van der Waals surface area contributed by atoms with Crippen molar-refractivity contribution in [2.45, 2.75) is 5.92 Å². The lowest BCUT2D eigenvalue weighted by atomic mass is 9.96. The molecular formula is C16H17NO2. The largest absolute Gasteiger partial charge is 0.469 e. The van der Waals surface area contributed by atoms with Gasteiger partial charge >= 0.3 is 5.97 Å². The predicted molar refractivity (Wildman–Crippen MR) is 75.7 cm³/mol. The van der Waals surface area contributed by atoms with Crippen LogP contribution in [0, 0.1) is 0 Å². The Bertz CT molecular complexity index is 534. The van der Waals surface area contributed by atoms with Crippen molar-refractivity contribution in [3.63, 3.8) is 0 Å². The summed E-state index contributed by atoms with van der Waals surface area (Å²) in [5, 5.41) is 0. The Morgan fingerprint density at radius 2 is 1.63 bits per heavy atom. The van der Waals surface area contributed by atoms with Crippen molar-refractivity contribution in [3.05, 3.63) is 60.2 Å². The fraction of sp³-hybridized carbons (Fsp3) is 0.188. The molecule has 0 aliphatic rings. The van der Waals surface area contributed by atoms with Crippen molar-refractivity contribution < 1.29 is 9.53 Å². The van der Waals surface area contributed by atoms with Gasteiger partial charge in [0.25, 0.3) is 0 Å². The standard InChI is InChI=1S/C16H17NO2/c1-19-16(18)15(11-17)14-9-7-13(8-10-14)12-5-3-2-4-6-12/h2-10,15H,11,17H2,1H3. The highest BCUT2D eigenvalue weighted by Crippen LogP contribution is 2.23. The van der Waals surface area contributed by atoms with E-state index in [9.17, 15) is 4.79 Å². The Labute approximate surface area is 113 Å². The van der Waals surface area contributed by atoms with Gasteiger partial charge in [0, 0.05) is 6.54 Å². The maximum atomic E-state index is 11.6. The first-order chi connectivity index (χ1) is 9.26. The van der Waals surface area contributed by atoms with Gasteiger partial charge in [0.2, 0.25) is 0 Å². The second-order valence-corrected chi connectivity index (χ2v) is 4.30. The molecule has 3 heteroatoms. The minimum atomic E-state index is -0.394. The van der Waals surface area contributed by atoms with E-state index in [0.29, 0.717) is 0 Å². The quantitative estimate of drug-likeness (QED) is 0.854. The number of methoxy groups -OCH3 is 1. The zero-order valence-electron chi connectivity index (χ0n) is 10.9. The molecule has 2 aromatic carbocycles. The van der Waals surface area contributed by atoms with E-state index in [1.165, 1.54) is 7.11 Å². The molecule has 1 unspecified atom stereocenters. The van der Waals surface area contributed by atoms with E-state index in [-0.39, 0.29) is 12.5 Å². The molecule has 2 rings (SSSR count). The molecule has 0 aliphatic heterocycles. The van der Waals surface area contributed by atoms with Crippen molar-refractivity contribution >= 4 is 5.97 Å². The van der Waals surface area contributed by atoms with E-state index in [0.717, 1.165) is 16.7 Å². The predicted octanol–water partition coefficient (Wildman–Crippen LogP) is 2.57. The van der Waals surface area contributed by atoms with Gasteiger partial charge in [-0.15, -0.1) is 0 Å². The minimum Gasteiger partial charge on any atom is -0.469 e. The Morgan fingerprint density at radius 1 is 1.05 bits per heavy atom. The summed E-state index contributed by atoms with van der Waals surface area (Å²) >= 11 is 0. The normalized spacial score (nSPS) is 11.9. The number of hydrogen-bond acceptors (Lipinski definition) is 3. The van der Waals surface area contributed by atoms with Crippen LogP contribution in [0.4, 0.5) is 0 Å². The van der Waals surface area contributed by atoms with Crippen LogP contribution in [0.1, 0.15) is 11.5 Å². The third kappa shape index (κ3) is 3.01. The van der Waals surface area contributed by atoms with E-state index in [1.54, 1.807) is 0 Å². The third-order valence-corrected chi connectivity index (χ3v) is 3.14. The molecule has 3 nitrogen and oxygen atoms in total. The first-order valence-corrected chi connectivity index (χ1v) is 6.19. The van der Waals surface area contributed by atoms with Crippen molar-refractivity contribution in [2.24, 2.45) is 5.73 Å². The van der Waals surface area contributed by atoms with Gasteiger partial charge in [-0.05, 0) is 16.7 Å². The molecule has 2 N–H and O–H groups in total. The molecule has 1 atom stereocenters. The average molecular weight is 255 g/mol. The van der Waals surface area contributed by atoms with Crippen molar-refractivity contribution in [2.75, 3.05) is 13.7 Å². The van der Waals surface area contributed by atoms with Gasteiger partial charge in [0.05, 0.1) is 13.0 Å². The summed E-state index contributed by atoms with van der Waals surface area (Å²) in [6, 6.07) is 17.9. The fourth-order valence-corrected chi connectivity index (χ4v) is 2.05. The number of esters is 1. The van der Waals surface area contributed by atoms with E-state index in [4.69, 9.17) is 10.5 Å². The lowest BCUT2D eigenvalue weighted by Crippen LogP contribution is -2.22.